The van der Waals surface area contributed by atoms with Gasteiger partial charge in [-0.15, -0.1) is 11.3 Å². The number of hydrogen-bond donors (Lipinski definition) is 1. The van der Waals surface area contributed by atoms with Gasteiger partial charge in [-0.3, -0.25) is 4.98 Å². The summed E-state index contributed by atoms with van der Waals surface area (Å²) < 4.78 is 0.973. The highest BCUT2D eigenvalue weighted by atomic mass is 79.9. The monoisotopic (exact) mass is 269 g/mol. The largest absolute Gasteiger partial charge is 0.378 e. The summed E-state index contributed by atoms with van der Waals surface area (Å²) in [5, 5.41) is 5.27. The van der Waals surface area contributed by atoms with Crippen LogP contribution in [0.2, 0.25) is 0 Å². The Balaban J connectivity index is 1.98. The Kier molecular flexibility index (Phi) is 3.10. The number of rotatable bonds is 3. The maximum absolute atomic E-state index is 4.18. The van der Waals surface area contributed by atoms with Gasteiger partial charge in [-0.2, -0.15) is 0 Å². The van der Waals surface area contributed by atoms with Crippen molar-refractivity contribution in [3.63, 3.8) is 0 Å². The van der Waals surface area contributed by atoms with E-state index in [-0.39, 0.29) is 0 Å². The Bertz CT molecular complexity index is 402. The molecule has 0 unspecified atom stereocenters. The average Bonchev–Trinajstić information content (AvgIpc) is 2.67. The van der Waals surface area contributed by atoms with Crippen LogP contribution in [0.15, 0.2) is 33.8 Å². The van der Waals surface area contributed by atoms with Crippen LogP contribution in [0.4, 0.5) is 5.69 Å². The molecule has 2 aromatic heterocycles. The van der Waals surface area contributed by atoms with E-state index in [1.807, 2.05) is 17.0 Å². The molecule has 2 aromatic rings. The van der Waals surface area contributed by atoms with Crippen molar-refractivity contribution in [3.05, 3.63) is 39.5 Å². The third-order valence-corrected chi connectivity index (χ3v) is 2.73. The standard InChI is InChI=1S/C9H8BrN3S/c10-7-1-8(3-11-2-7)12-4-9-5-14-6-13-9/h1-3,5-6,12H,4H2. The quantitative estimate of drug-likeness (QED) is 0.931. The maximum atomic E-state index is 4.18. The van der Waals surface area contributed by atoms with E-state index in [4.69, 9.17) is 0 Å². The van der Waals surface area contributed by atoms with Crippen LogP contribution >= 0.6 is 27.3 Å². The average molecular weight is 270 g/mol. The fourth-order valence-electron chi connectivity index (χ4n) is 1.03. The minimum absolute atomic E-state index is 0.738. The Morgan fingerprint density at radius 1 is 1.43 bits per heavy atom. The van der Waals surface area contributed by atoms with Crippen molar-refractivity contribution in [1.29, 1.82) is 0 Å². The van der Waals surface area contributed by atoms with E-state index in [2.05, 4.69) is 31.2 Å². The molecule has 0 aromatic carbocycles. The maximum Gasteiger partial charge on any atom is 0.0795 e. The van der Waals surface area contributed by atoms with Crippen molar-refractivity contribution in [2.24, 2.45) is 0 Å². The molecule has 0 saturated heterocycles. The highest BCUT2D eigenvalue weighted by Crippen LogP contribution is 2.14. The molecular formula is C9H8BrN3S. The number of nitrogens with one attached hydrogen (secondary N) is 1. The summed E-state index contributed by atoms with van der Waals surface area (Å²) in [6.45, 7) is 0.738. The van der Waals surface area contributed by atoms with Gasteiger partial charge in [-0.1, -0.05) is 0 Å². The number of anilines is 1. The first-order chi connectivity index (χ1) is 6.84. The number of nitrogens with zero attached hydrogens (tertiary/aromatic N) is 2. The van der Waals surface area contributed by atoms with E-state index in [9.17, 15) is 0 Å². The van der Waals surface area contributed by atoms with Crippen molar-refractivity contribution >= 4 is 33.0 Å². The molecule has 0 atom stereocenters. The van der Waals surface area contributed by atoms with Crippen molar-refractivity contribution < 1.29 is 0 Å². The van der Waals surface area contributed by atoms with E-state index >= 15 is 0 Å². The molecule has 0 spiro atoms. The van der Waals surface area contributed by atoms with Crippen LogP contribution in [0.3, 0.4) is 0 Å². The summed E-state index contributed by atoms with van der Waals surface area (Å²) in [6, 6.07) is 1.99. The topological polar surface area (TPSA) is 37.8 Å². The normalized spacial score (nSPS) is 10.1. The molecule has 2 heterocycles. The van der Waals surface area contributed by atoms with Gasteiger partial charge < -0.3 is 5.32 Å². The second-order valence-electron chi connectivity index (χ2n) is 2.73. The minimum atomic E-state index is 0.738. The molecule has 14 heavy (non-hydrogen) atoms. The van der Waals surface area contributed by atoms with E-state index in [1.54, 1.807) is 23.7 Å². The van der Waals surface area contributed by atoms with Gasteiger partial charge in [0.15, 0.2) is 0 Å². The Morgan fingerprint density at radius 2 is 2.36 bits per heavy atom. The zero-order valence-electron chi connectivity index (χ0n) is 7.27. The van der Waals surface area contributed by atoms with Crippen LogP contribution in [0.1, 0.15) is 5.69 Å². The fourth-order valence-corrected chi connectivity index (χ4v) is 1.95. The number of halogens is 1. The van der Waals surface area contributed by atoms with Crippen LogP contribution < -0.4 is 5.32 Å². The van der Waals surface area contributed by atoms with E-state index < -0.39 is 0 Å². The minimum Gasteiger partial charge on any atom is -0.378 e. The zero-order chi connectivity index (χ0) is 9.80. The predicted molar refractivity (Wildman–Crippen MR) is 61.4 cm³/mol. The number of pyridine rings is 1. The van der Waals surface area contributed by atoms with Gasteiger partial charge in [0.05, 0.1) is 29.6 Å². The van der Waals surface area contributed by atoms with E-state index in [1.165, 1.54) is 0 Å². The van der Waals surface area contributed by atoms with Gasteiger partial charge >= 0.3 is 0 Å². The molecule has 0 aliphatic heterocycles. The van der Waals surface area contributed by atoms with Crippen molar-refractivity contribution in [3.8, 4) is 0 Å². The molecule has 5 heteroatoms. The first-order valence-electron chi connectivity index (χ1n) is 4.06. The molecule has 0 aliphatic carbocycles. The number of thiazole rings is 1. The molecule has 72 valence electrons. The highest BCUT2D eigenvalue weighted by molar-refractivity contribution is 9.10. The molecule has 0 aliphatic rings. The molecule has 0 fully saturated rings. The van der Waals surface area contributed by atoms with Crippen LogP contribution in [-0.4, -0.2) is 9.97 Å². The van der Waals surface area contributed by atoms with Crippen LogP contribution in [0, 0.1) is 0 Å². The molecule has 0 radical (unpaired) electrons. The van der Waals surface area contributed by atoms with Crippen LogP contribution in [-0.2, 0) is 6.54 Å². The van der Waals surface area contributed by atoms with Crippen LogP contribution in [0.5, 0.6) is 0 Å². The summed E-state index contributed by atoms with van der Waals surface area (Å²) in [5.41, 5.74) is 3.87. The third kappa shape index (κ3) is 2.52. The van der Waals surface area contributed by atoms with Gasteiger partial charge in [0.1, 0.15) is 0 Å². The molecular weight excluding hydrogens is 262 g/mol. The lowest BCUT2D eigenvalue weighted by atomic mass is 10.4. The van der Waals surface area contributed by atoms with E-state index in [0.717, 1.165) is 22.4 Å². The van der Waals surface area contributed by atoms with E-state index in [0.29, 0.717) is 0 Å². The Morgan fingerprint density at radius 3 is 3.07 bits per heavy atom. The lowest BCUT2D eigenvalue weighted by Crippen LogP contribution is -1.99. The molecule has 0 amide bonds. The van der Waals surface area contributed by atoms with Crippen molar-refractivity contribution in [2.45, 2.75) is 6.54 Å². The summed E-state index contributed by atoms with van der Waals surface area (Å²) in [5.74, 6) is 0. The summed E-state index contributed by atoms with van der Waals surface area (Å²) in [4.78, 5) is 8.23. The molecule has 0 saturated carbocycles. The van der Waals surface area contributed by atoms with Gasteiger partial charge in [0.2, 0.25) is 0 Å². The second-order valence-corrected chi connectivity index (χ2v) is 4.36. The molecule has 3 nitrogen and oxygen atoms in total. The van der Waals surface area contributed by atoms with Crippen LogP contribution in [0.25, 0.3) is 0 Å². The van der Waals surface area contributed by atoms with Gasteiger partial charge in [0, 0.05) is 16.0 Å². The first kappa shape index (κ1) is 9.61. The second kappa shape index (κ2) is 4.52. The predicted octanol–water partition coefficient (Wildman–Crippen LogP) is 2.91. The third-order valence-electron chi connectivity index (χ3n) is 1.66. The first-order valence-corrected chi connectivity index (χ1v) is 5.79. The smallest absolute Gasteiger partial charge is 0.0795 e. The summed E-state index contributed by atoms with van der Waals surface area (Å²) >= 11 is 4.97. The van der Waals surface area contributed by atoms with Gasteiger partial charge in [-0.05, 0) is 22.0 Å². The van der Waals surface area contributed by atoms with Crippen molar-refractivity contribution in [1.82, 2.24) is 9.97 Å². The summed E-state index contributed by atoms with van der Waals surface area (Å²) in [7, 11) is 0. The molecule has 2 rings (SSSR count). The molecule has 1 N–H and O–H groups in total. The number of hydrogen-bond acceptors (Lipinski definition) is 4. The number of aromatic nitrogens is 2. The SMILES string of the molecule is Brc1cncc(NCc2cscn2)c1. The zero-order valence-corrected chi connectivity index (χ0v) is 9.68. The molecule has 0 bridgehead atoms. The lowest BCUT2D eigenvalue weighted by Gasteiger charge is -2.03. The van der Waals surface area contributed by atoms with Crippen molar-refractivity contribution in [2.75, 3.05) is 5.32 Å². The Hall–Kier alpha value is -0.940. The lowest BCUT2D eigenvalue weighted by molar-refractivity contribution is 1.07. The Labute approximate surface area is 94.4 Å². The van der Waals surface area contributed by atoms with Gasteiger partial charge in [-0.25, -0.2) is 4.98 Å². The fraction of sp³-hybridized carbons (Fsp3) is 0.111. The summed E-state index contributed by atoms with van der Waals surface area (Å²) in [6.07, 6.45) is 3.55. The van der Waals surface area contributed by atoms with Gasteiger partial charge in [0.25, 0.3) is 0 Å². The highest BCUT2D eigenvalue weighted by Gasteiger charge is 1.96.